The predicted octanol–water partition coefficient (Wildman–Crippen LogP) is 4.66. The van der Waals surface area contributed by atoms with E-state index in [-0.39, 0.29) is 5.75 Å². The Bertz CT molecular complexity index is 1320. The number of benzene rings is 3. The summed E-state index contributed by atoms with van der Waals surface area (Å²) in [7, 11) is 1.44. The maximum Gasteiger partial charge on any atom is 0.343 e. The molecule has 180 valence electrons. The third-order valence-corrected chi connectivity index (χ3v) is 5.49. The van der Waals surface area contributed by atoms with Crippen molar-refractivity contribution in [2.24, 2.45) is 5.10 Å². The van der Waals surface area contributed by atoms with Gasteiger partial charge in [-0.05, 0) is 68.8 Å². The van der Waals surface area contributed by atoms with E-state index in [0.29, 0.717) is 38.9 Å². The molecule has 3 rings (SSSR count). The Morgan fingerprint density at radius 1 is 0.886 bits per heavy atom. The minimum Gasteiger partial charge on any atom is -0.493 e. The fraction of sp³-hybridized carbons (Fsp3) is 0.154. The lowest BCUT2D eigenvalue weighted by molar-refractivity contribution is -0.136. The Balaban J connectivity index is 1.68. The highest BCUT2D eigenvalue weighted by atomic mass is 35.5. The van der Waals surface area contributed by atoms with Crippen LogP contribution < -0.4 is 20.2 Å². The average molecular weight is 494 g/mol. The summed E-state index contributed by atoms with van der Waals surface area (Å²) in [6.07, 6.45) is 0. The van der Waals surface area contributed by atoms with E-state index in [4.69, 9.17) is 21.1 Å². The number of nitrogens with zero attached hydrogens (tertiary/aromatic N) is 1. The van der Waals surface area contributed by atoms with Crippen LogP contribution in [0.1, 0.15) is 34.0 Å². The van der Waals surface area contributed by atoms with Crippen molar-refractivity contribution in [1.29, 1.82) is 0 Å². The first-order valence-corrected chi connectivity index (χ1v) is 11.0. The summed E-state index contributed by atoms with van der Waals surface area (Å²) in [5.74, 6) is -1.81. The zero-order valence-corrected chi connectivity index (χ0v) is 20.4. The Labute approximate surface area is 207 Å². The quantitative estimate of drug-likeness (QED) is 0.171. The predicted molar refractivity (Wildman–Crippen MR) is 134 cm³/mol. The third kappa shape index (κ3) is 6.45. The molecule has 0 fully saturated rings. The first kappa shape index (κ1) is 25.5. The Hall–Kier alpha value is -4.17. The number of methoxy groups -OCH3 is 1. The normalized spacial score (nSPS) is 10.9. The third-order valence-electron chi connectivity index (χ3n) is 5.09. The second-order valence-electron chi connectivity index (χ2n) is 7.63. The van der Waals surface area contributed by atoms with Crippen LogP contribution in [0.2, 0.25) is 5.02 Å². The van der Waals surface area contributed by atoms with Gasteiger partial charge in [0.25, 0.3) is 0 Å². The van der Waals surface area contributed by atoms with Crippen molar-refractivity contribution >= 4 is 40.8 Å². The molecular weight excluding hydrogens is 470 g/mol. The van der Waals surface area contributed by atoms with E-state index in [0.717, 1.165) is 5.56 Å². The summed E-state index contributed by atoms with van der Waals surface area (Å²) >= 11 is 6.04. The molecule has 9 heteroatoms. The topological polar surface area (TPSA) is 106 Å². The summed E-state index contributed by atoms with van der Waals surface area (Å²) < 4.78 is 10.8. The average Bonchev–Trinajstić information content (AvgIpc) is 2.85. The maximum atomic E-state index is 12.5. The molecule has 0 aliphatic heterocycles. The van der Waals surface area contributed by atoms with E-state index in [1.165, 1.54) is 7.11 Å². The van der Waals surface area contributed by atoms with Crippen molar-refractivity contribution in [1.82, 2.24) is 5.43 Å². The minimum atomic E-state index is -0.945. The molecule has 0 bridgehead atoms. The number of carbonyl (C=O) groups is 3. The summed E-state index contributed by atoms with van der Waals surface area (Å²) in [5, 5.41) is 6.96. The Morgan fingerprint density at radius 2 is 1.63 bits per heavy atom. The fourth-order valence-corrected chi connectivity index (χ4v) is 3.25. The zero-order valence-electron chi connectivity index (χ0n) is 19.6. The molecule has 2 amide bonds. The molecule has 0 spiro atoms. The summed E-state index contributed by atoms with van der Waals surface area (Å²) in [6.45, 7) is 5.26. The van der Waals surface area contributed by atoms with Gasteiger partial charge in [-0.1, -0.05) is 35.4 Å². The standard InChI is InChI=1S/C26H24ClN3O5/c1-15-7-5-8-19(13-15)26(33)35-22-12-11-18(14-23(22)34-4)17(3)29-30-25(32)24(31)28-21-10-6-9-20(27)16(21)2/h5-14H,1-4H3,(H,28,31)(H,30,32)/b29-17+. The first-order chi connectivity index (χ1) is 16.7. The number of halogens is 1. The smallest absolute Gasteiger partial charge is 0.343 e. The van der Waals surface area contributed by atoms with Crippen molar-refractivity contribution in [2.75, 3.05) is 12.4 Å². The van der Waals surface area contributed by atoms with Gasteiger partial charge in [0.15, 0.2) is 11.5 Å². The Morgan fingerprint density at radius 3 is 2.34 bits per heavy atom. The van der Waals surface area contributed by atoms with Crippen LogP contribution in [0.4, 0.5) is 5.69 Å². The molecule has 0 aliphatic carbocycles. The van der Waals surface area contributed by atoms with Gasteiger partial charge in [0.2, 0.25) is 0 Å². The monoisotopic (exact) mass is 493 g/mol. The molecule has 8 nitrogen and oxygen atoms in total. The van der Waals surface area contributed by atoms with Crippen LogP contribution >= 0.6 is 11.6 Å². The van der Waals surface area contributed by atoms with E-state index in [1.807, 2.05) is 13.0 Å². The second kappa shape index (κ2) is 11.3. The molecule has 2 N–H and O–H groups in total. The molecule has 3 aromatic carbocycles. The van der Waals surface area contributed by atoms with Gasteiger partial charge in [0.1, 0.15) is 0 Å². The highest BCUT2D eigenvalue weighted by Gasteiger charge is 2.16. The van der Waals surface area contributed by atoms with Gasteiger partial charge in [-0.25, -0.2) is 10.2 Å². The molecule has 0 saturated carbocycles. The van der Waals surface area contributed by atoms with Crippen molar-refractivity contribution in [2.45, 2.75) is 20.8 Å². The lowest BCUT2D eigenvalue weighted by Gasteiger charge is -2.11. The van der Waals surface area contributed by atoms with E-state index in [2.05, 4.69) is 15.8 Å². The van der Waals surface area contributed by atoms with E-state index >= 15 is 0 Å². The second-order valence-corrected chi connectivity index (χ2v) is 8.04. The van der Waals surface area contributed by atoms with E-state index in [1.54, 1.807) is 68.4 Å². The van der Waals surface area contributed by atoms with Gasteiger partial charge in [-0.2, -0.15) is 5.10 Å². The summed E-state index contributed by atoms with van der Waals surface area (Å²) in [5.41, 5.74) is 5.64. The van der Waals surface area contributed by atoms with Crippen molar-refractivity contribution in [3.8, 4) is 11.5 Å². The fourth-order valence-electron chi connectivity index (χ4n) is 3.08. The molecule has 0 heterocycles. The van der Waals surface area contributed by atoms with Gasteiger partial charge >= 0.3 is 17.8 Å². The van der Waals surface area contributed by atoms with Gasteiger partial charge in [0.05, 0.1) is 18.4 Å². The number of ether oxygens (including phenoxy) is 2. The van der Waals surface area contributed by atoms with Crippen LogP contribution in [0.25, 0.3) is 0 Å². The number of nitrogens with one attached hydrogen (secondary N) is 2. The first-order valence-electron chi connectivity index (χ1n) is 10.6. The number of hydrazone groups is 1. The van der Waals surface area contributed by atoms with Gasteiger partial charge < -0.3 is 14.8 Å². The van der Waals surface area contributed by atoms with E-state index in [9.17, 15) is 14.4 Å². The SMILES string of the molecule is COc1cc(/C(C)=N/NC(=O)C(=O)Nc2cccc(Cl)c2C)ccc1OC(=O)c1cccc(C)c1. The number of amides is 2. The molecule has 0 atom stereocenters. The van der Waals surface area contributed by atoms with Crippen LogP contribution in [-0.2, 0) is 9.59 Å². The number of carbonyl (C=O) groups excluding carboxylic acids is 3. The molecule has 3 aromatic rings. The summed E-state index contributed by atoms with van der Waals surface area (Å²) in [6, 6.07) is 16.9. The Kier molecular flexibility index (Phi) is 8.22. The molecule has 35 heavy (non-hydrogen) atoms. The number of hydrogen-bond acceptors (Lipinski definition) is 6. The number of esters is 1. The van der Waals surface area contributed by atoms with Crippen molar-refractivity contribution in [3.05, 3.63) is 87.9 Å². The molecule has 0 saturated heterocycles. The van der Waals surface area contributed by atoms with Crippen LogP contribution in [-0.4, -0.2) is 30.6 Å². The number of anilines is 1. The highest BCUT2D eigenvalue weighted by molar-refractivity contribution is 6.40. The van der Waals surface area contributed by atoms with Crippen LogP contribution in [0.15, 0.2) is 65.8 Å². The largest absolute Gasteiger partial charge is 0.493 e. The van der Waals surface area contributed by atoms with Crippen molar-refractivity contribution < 1.29 is 23.9 Å². The molecule has 0 aromatic heterocycles. The maximum absolute atomic E-state index is 12.5. The molecule has 0 unspecified atom stereocenters. The van der Waals surface area contributed by atoms with Gasteiger partial charge in [-0.3, -0.25) is 9.59 Å². The number of rotatable bonds is 6. The van der Waals surface area contributed by atoms with Gasteiger partial charge in [-0.15, -0.1) is 0 Å². The highest BCUT2D eigenvalue weighted by Crippen LogP contribution is 2.29. The molecule has 0 radical (unpaired) electrons. The van der Waals surface area contributed by atoms with E-state index < -0.39 is 17.8 Å². The van der Waals surface area contributed by atoms with Crippen LogP contribution in [0.5, 0.6) is 11.5 Å². The van der Waals surface area contributed by atoms with Gasteiger partial charge in [0, 0.05) is 16.3 Å². The number of aryl methyl sites for hydroxylation is 1. The molecule has 0 aliphatic rings. The summed E-state index contributed by atoms with van der Waals surface area (Å²) in [4.78, 5) is 36.9. The zero-order chi connectivity index (χ0) is 25.5. The number of hydrogen-bond donors (Lipinski definition) is 2. The lowest BCUT2D eigenvalue weighted by atomic mass is 10.1. The molecular formula is C26H24ClN3O5. The minimum absolute atomic E-state index is 0.232. The van der Waals surface area contributed by atoms with Crippen molar-refractivity contribution in [3.63, 3.8) is 0 Å². The lowest BCUT2D eigenvalue weighted by Crippen LogP contribution is -2.33. The van der Waals surface area contributed by atoms with Crippen LogP contribution in [0, 0.1) is 13.8 Å². The van der Waals surface area contributed by atoms with Crippen LogP contribution in [0.3, 0.4) is 0 Å².